The summed E-state index contributed by atoms with van der Waals surface area (Å²) in [5.41, 5.74) is 0.374. The molecule has 11 heavy (non-hydrogen) atoms. The fourth-order valence-corrected chi connectivity index (χ4v) is 2.40. The molecule has 2 aliphatic rings. The number of hydrogen-bond acceptors (Lipinski definition) is 1. The van der Waals surface area contributed by atoms with Crippen molar-refractivity contribution in [2.45, 2.75) is 51.0 Å². The summed E-state index contributed by atoms with van der Waals surface area (Å²) < 4.78 is 5.83. The van der Waals surface area contributed by atoms with Crippen LogP contribution in [-0.4, -0.2) is 12.2 Å². The molecule has 2 rings (SSSR count). The van der Waals surface area contributed by atoms with Crippen molar-refractivity contribution in [3.05, 3.63) is 0 Å². The fourth-order valence-electron chi connectivity index (χ4n) is 2.40. The van der Waals surface area contributed by atoms with Gasteiger partial charge < -0.3 is 4.74 Å². The molecule has 1 aliphatic heterocycles. The van der Waals surface area contributed by atoms with E-state index < -0.39 is 0 Å². The van der Waals surface area contributed by atoms with E-state index in [-0.39, 0.29) is 0 Å². The Morgan fingerprint density at radius 3 is 2.82 bits per heavy atom. The third-order valence-corrected chi connectivity index (χ3v) is 3.44. The maximum atomic E-state index is 5.83. The first kappa shape index (κ1) is 7.60. The highest BCUT2D eigenvalue weighted by atomic mass is 16.5. The molecular weight excluding hydrogens is 136 g/mol. The van der Waals surface area contributed by atoms with E-state index in [1.807, 2.05) is 0 Å². The van der Waals surface area contributed by atoms with Crippen LogP contribution in [-0.2, 0) is 4.74 Å². The lowest BCUT2D eigenvalue weighted by Crippen LogP contribution is -2.45. The van der Waals surface area contributed by atoms with Crippen LogP contribution in [0.2, 0.25) is 0 Å². The van der Waals surface area contributed by atoms with Gasteiger partial charge in [0.2, 0.25) is 0 Å². The molecule has 1 spiro atoms. The van der Waals surface area contributed by atoms with Gasteiger partial charge in [0.05, 0.1) is 5.60 Å². The Bertz CT molecular complexity index is 138. The zero-order valence-electron chi connectivity index (χ0n) is 7.44. The second-order valence-corrected chi connectivity index (χ2v) is 4.15. The highest BCUT2D eigenvalue weighted by molar-refractivity contribution is 4.93. The molecule has 2 fully saturated rings. The Balaban J connectivity index is 1.92. The average molecular weight is 154 g/mol. The minimum Gasteiger partial charge on any atom is -0.375 e. The van der Waals surface area contributed by atoms with E-state index in [1.165, 1.54) is 38.5 Å². The summed E-state index contributed by atoms with van der Waals surface area (Å²) in [6.45, 7) is 3.33. The molecule has 1 aliphatic carbocycles. The molecule has 0 amide bonds. The van der Waals surface area contributed by atoms with Crippen LogP contribution in [0.1, 0.15) is 45.4 Å². The van der Waals surface area contributed by atoms with Crippen LogP contribution in [0.25, 0.3) is 0 Å². The maximum Gasteiger partial charge on any atom is 0.0685 e. The summed E-state index contributed by atoms with van der Waals surface area (Å²) in [6, 6.07) is 0. The van der Waals surface area contributed by atoms with Crippen molar-refractivity contribution in [3.8, 4) is 0 Å². The molecule has 0 aromatic carbocycles. The van der Waals surface area contributed by atoms with Gasteiger partial charge in [-0.05, 0) is 38.0 Å². The summed E-state index contributed by atoms with van der Waals surface area (Å²) in [5, 5.41) is 0. The largest absolute Gasteiger partial charge is 0.375 e. The lowest BCUT2D eigenvalue weighted by Gasteiger charge is -2.47. The van der Waals surface area contributed by atoms with Gasteiger partial charge in [-0.15, -0.1) is 0 Å². The first-order chi connectivity index (χ1) is 5.35. The van der Waals surface area contributed by atoms with Crippen molar-refractivity contribution >= 4 is 0 Å². The van der Waals surface area contributed by atoms with Crippen molar-refractivity contribution in [3.63, 3.8) is 0 Å². The van der Waals surface area contributed by atoms with E-state index in [0.717, 1.165) is 12.5 Å². The fraction of sp³-hybridized carbons (Fsp3) is 1.00. The summed E-state index contributed by atoms with van der Waals surface area (Å²) in [4.78, 5) is 0. The second kappa shape index (κ2) is 2.78. The minimum absolute atomic E-state index is 0.374. The Kier molecular flexibility index (Phi) is 1.92. The molecule has 0 N–H and O–H groups in total. The van der Waals surface area contributed by atoms with Crippen molar-refractivity contribution in [1.29, 1.82) is 0 Å². The average Bonchev–Trinajstić information content (AvgIpc) is 2.02. The minimum atomic E-state index is 0.374. The molecule has 0 bridgehead atoms. The van der Waals surface area contributed by atoms with E-state index >= 15 is 0 Å². The van der Waals surface area contributed by atoms with Gasteiger partial charge in [-0.3, -0.25) is 0 Å². The number of ether oxygens (including phenoxy) is 1. The molecule has 64 valence electrons. The van der Waals surface area contributed by atoms with Crippen molar-refractivity contribution in [2.75, 3.05) is 6.61 Å². The standard InChI is InChI=1S/C10H18O/c1-2-9-4-7-11-10(8-9)5-3-6-10/h9H,2-8H2,1H3. The van der Waals surface area contributed by atoms with E-state index in [1.54, 1.807) is 0 Å². The predicted molar refractivity (Wildman–Crippen MR) is 45.5 cm³/mol. The highest BCUT2D eigenvalue weighted by Crippen LogP contribution is 2.44. The van der Waals surface area contributed by atoms with Crippen LogP contribution in [0.15, 0.2) is 0 Å². The van der Waals surface area contributed by atoms with E-state index in [0.29, 0.717) is 5.60 Å². The molecule has 1 unspecified atom stereocenters. The Labute approximate surface area is 69.1 Å². The second-order valence-electron chi connectivity index (χ2n) is 4.15. The first-order valence-electron chi connectivity index (χ1n) is 4.99. The molecule has 0 radical (unpaired) electrons. The normalized spacial score (nSPS) is 35.2. The van der Waals surface area contributed by atoms with E-state index in [2.05, 4.69) is 6.92 Å². The van der Waals surface area contributed by atoms with Gasteiger partial charge in [-0.1, -0.05) is 13.3 Å². The number of rotatable bonds is 1. The molecule has 1 heteroatoms. The predicted octanol–water partition coefficient (Wildman–Crippen LogP) is 2.75. The van der Waals surface area contributed by atoms with Gasteiger partial charge in [-0.2, -0.15) is 0 Å². The SMILES string of the molecule is CCC1CCOC2(CCC2)C1. The molecule has 0 aromatic rings. The molecule has 1 nitrogen and oxygen atoms in total. The van der Waals surface area contributed by atoms with Gasteiger partial charge >= 0.3 is 0 Å². The van der Waals surface area contributed by atoms with Crippen LogP contribution in [0.3, 0.4) is 0 Å². The zero-order valence-corrected chi connectivity index (χ0v) is 7.44. The molecule has 1 saturated carbocycles. The van der Waals surface area contributed by atoms with Crippen molar-refractivity contribution in [2.24, 2.45) is 5.92 Å². The first-order valence-corrected chi connectivity index (χ1v) is 4.99. The van der Waals surface area contributed by atoms with Gasteiger partial charge in [0.25, 0.3) is 0 Å². The van der Waals surface area contributed by atoms with Gasteiger partial charge in [0.1, 0.15) is 0 Å². The lowest BCUT2D eigenvalue weighted by atomic mass is 9.71. The van der Waals surface area contributed by atoms with Crippen LogP contribution >= 0.6 is 0 Å². The van der Waals surface area contributed by atoms with Crippen LogP contribution in [0, 0.1) is 5.92 Å². The molecule has 1 atom stereocenters. The van der Waals surface area contributed by atoms with Crippen LogP contribution < -0.4 is 0 Å². The Hall–Kier alpha value is -0.0400. The Morgan fingerprint density at radius 1 is 1.45 bits per heavy atom. The Morgan fingerprint density at radius 2 is 2.27 bits per heavy atom. The van der Waals surface area contributed by atoms with Crippen LogP contribution in [0.4, 0.5) is 0 Å². The third-order valence-electron chi connectivity index (χ3n) is 3.44. The lowest BCUT2D eigenvalue weighted by molar-refractivity contribution is -0.143. The summed E-state index contributed by atoms with van der Waals surface area (Å²) in [5.74, 6) is 0.962. The monoisotopic (exact) mass is 154 g/mol. The zero-order chi connectivity index (χ0) is 7.73. The molecule has 1 saturated heterocycles. The summed E-state index contributed by atoms with van der Waals surface area (Å²) >= 11 is 0. The molecule has 1 heterocycles. The summed E-state index contributed by atoms with van der Waals surface area (Å²) in [6.07, 6.45) is 8.08. The smallest absolute Gasteiger partial charge is 0.0685 e. The summed E-state index contributed by atoms with van der Waals surface area (Å²) in [7, 11) is 0. The quantitative estimate of drug-likeness (QED) is 0.564. The van der Waals surface area contributed by atoms with E-state index in [9.17, 15) is 0 Å². The maximum absolute atomic E-state index is 5.83. The van der Waals surface area contributed by atoms with Crippen molar-refractivity contribution in [1.82, 2.24) is 0 Å². The molecular formula is C10H18O. The van der Waals surface area contributed by atoms with Gasteiger partial charge in [-0.25, -0.2) is 0 Å². The van der Waals surface area contributed by atoms with Gasteiger partial charge in [0.15, 0.2) is 0 Å². The van der Waals surface area contributed by atoms with Gasteiger partial charge in [0, 0.05) is 6.61 Å². The van der Waals surface area contributed by atoms with E-state index in [4.69, 9.17) is 4.74 Å². The number of hydrogen-bond donors (Lipinski definition) is 0. The molecule has 0 aromatic heterocycles. The highest BCUT2D eigenvalue weighted by Gasteiger charge is 2.41. The van der Waals surface area contributed by atoms with Crippen LogP contribution in [0.5, 0.6) is 0 Å². The third kappa shape index (κ3) is 1.31. The van der Waals surface area contributed by atoms with Crippen molar-refractivity contribution < 1.29 is 4.74 Å². The topological polar surface area (TPSA) is 9.23 Å².